The van der Waals surface area contributed by atoms with Crippen LogP contribution in [0.3, 0.4) is 0 Å². The van der Waals surface area contributed by atoms with Crippen LogP contribution in [0.25, 0.3) is 0 Å². The highest BCUT2D eigenvalue weighted by molar-refractivity contribution is 7.99. The second-order valence-electron chi connectivity index (χ2n) is 2.74. The predicted molar refractivity (Wildman–Crippen MR) is 44.1 cm³/mol. The van der Waals surface area contributed by atoms with Gasteiger partial charge in [0.15, 0.2) is 0 Å². The minimum Gasteiger partial charge on any atom is -0.345 e. The Bertz CT molecular complexity index is 124. The van der Waals surface area contributed by atoms with E-state index in [4.69, 9.17) is 0 Å². The zero-order chi connectivity index (χ0) is 7.56. The van der Waals surface area contributed by atoms with Crippen molar-refractivity contribution in [1.29, 1.82) is 0 Å². The van der Waals surface area contributed by atoms with E-state index in [0.29, 0.717) is 5.91 Å². The number of amides is 1. The summed E-state index contributed by atoms with van der Waals surface area (Å²) in [6, 6.07) is 0. The Labute approximate surface area is 66.0 Å². The number of thioether (sulfide) groups is 1. The monoisotopic (exact) mass is 159 g/mol. The summed E-state index contributed by atoms with van der Waals surface area (Å²) in [4.78, 5) is 13.1. The predicted octanol–water partition coefficient (Wildman–Crippen LogP) is 0.828. The molecule has 0 saturated carbocycles. The molecule has 1 aliphatic heterocycles. The van der Waals surface area contributed by atoms with E-state index in [2.05, 4.69) is 0 Å². The van der Waals surface area contributed by atoms with E-state index >= 15 is 0 Å². The van der Waals surface area contributed by atoms with Crippen LogP contribution in [0.15, 0.2) is 0 Å². The maximum absolute atomic E-state index is 11.3. The van der Waals surface area contributed by atoms with Crippen molar-refractivity contribution in [2.75, 3.05) is 25.1 Å². The highest BCUT2D eigenvalue weighted by Crippen LogP contribution is 2.14. The number of hydrogen-bond acceptors (Lipinski definition) is 2. The highest BCUT2D eigenvalue weighted by Gasteiger charge is 2.19. The van der Waals surface area contributed by atoms with Crippen LogP contribution in [-0.4, -0.2) is 35.9 Å². The first-order valence-corrected chi connectivity index (χ1v) is 4.70. The molecule has 0 spiro atoms. The van der Waals surface area contributed by atoms with Gasteiger partial charge in [0.05, 0.1) is 0 Å². The number of nitrogens with zero attached hydrogens (tertiary/aromatic N) is 1. The van der Waals surface area contributed by atoms with Crippen molar-refractivity contribution in [1.82, 2.24) is 4.90 Å². The summed E-state index contributed by atoms with van der Waals surface area (Å²) in [6.07, 6.45) is 0. The molecule has 0 aromatic heterocycles. The molecule has 10 heavy (non-hydrogen) atoms. The van der Waals surface area contributed by atoms with Crippen LogP contribution in [0, 0.1) is 5.92 Å². The van der Waals surface area contributed by atoms with E-state index in [1.807, 2.05) is 30.6 Å². The van der Waals surface area contributed by atoms with Crippen molar-refractivity contribution in [2.45, 2.75) is 6.92 Å². The number of hydrogen-bond donors (Lipinski definition) is 0. The SMILES string of the molecule is CC1CSCCN(C)C1=O. The average Bonchev–Trinajstić information content (AvgIpc) is 2.04. The van der Waals surface area contributed by atoms with E-state index in [-0.39, 0.29) is 5.92 Å². The largest absolute Gasteiger partial charge is 0.345 e. The van der Waals surface area contributed by atoms with Gasteiger partial charge >= 0.3 is 0 Å². The summed E-state index contributed by atoms with van der Waals surface area (Å²) in [5.41, 5.74) is 0. The molecule has 1 unspecified atom stereocenters. The lowest BCUT2D eigenvalue weighted by molar-refractivity contribution is -0.132. The highest BCUT2D eigenvalue weighted by atomic mass is 32.2. The van der Waals surface area contributed by atoms with Crippen LogP contribution >= 0.6 is 11.8 Å². The van der Waals surface area contributed by atoms with Crippen molar-refractivity contribution >= 4 is 17.7 Å². The van der Waals surface area contributed by atoms with Gasteiger partial charge in [-0.1, -0.05) is 6.92 Å². The van der Waals surface area contributed by atoms with Crippen LogP contribution in [-0.2, 0) is 4.79 Å². The average molecular weight is 159 g/mol. The summed E-state index contributed by atoms with van der Waals surface area (Å²) in [6.45, 7) is 2.91. The molecule has 3 heteroatoms. The third-order valence-corrected chi connectivity index (χ3v) is 2.94. The smallest absolute Gasteiger partial charge is 0.226 e. The maximum atomic E-state index is 11.3. The van der Waals surface area contributed by atoms with Gasteiger partial charge < -0.3 is 4.90 Å². The molecule has 1 saturated heterocycles. The molecule has 0 aliphatic carbocycles. The van der Waals surface area contributed by atoms with Crippen molar-refractivity contribution in [2.24, 2.45) is 5.92 Å². The number of carbonyl (C=O) groups excluding carboxylic acids is 1. The molecule has 1 fully saturated rings. The topological polar surface area (TPSA) is 20.3 Å². The molecule has 0 bridgehead atoms. The van der Waals surface area contributed by atoms with Gasteiger partial charge in [-0.15, -0.1) is 0 Å². The minimum atomic E-state index is 0.220. The lowest BCUT2D eigenvalue weighted by atomic mass is 10.2. The van der Waals surface area contributed by atoms with Gasteiger partial charge in [-0.05, 0) is 0 Å². The molecule has 1 amide bonds. The molecule has 2 nitrogen and oxygen atoms in total. The number of carbonyl (C=O) groups is 1. The summed E-state index contributed by atoms with van der Waals surface area (Å²) in [5.74, 6) is 2.60. The van der Waals surface area contributed by atoms with Gasteiger partial charge in [0.25, 0.3) is 0 Å². The lowest BCUT2D eigenvalue weighted by Gasteiger charge is -2.15. The van der Waals surface area contributed by atoms with Gasteiger partial charge in [-0.2, -0.15) is 11.8 Å². The van der Waals surface area contributed by atoms with Crippen LogP contribution in [0.2, 0.25) is 0 Å². The maximum Gasteiger partial charge on any atom is 0.226 e. The first kappa shape index (κ1) is 7.92. The van der Waals surface area contributed by atoms with Crippen molar-refractivity contribution in [3.8, 4) is 0 Å². The standard InChI is InChI=1S/C7H13NOS/c1-6-5-10-4-3-8(2)7(6)9/h6H,3-5H2,1-2H3. The van der Waals surface area contributed by atoms with Gasteiger partial charge in [-0.3, -0.25) is 4.79 Å². The van der Waals surface area contributed by atoms with E-state index in [0.717, 1.165) is 18.1 Å². The molecule has 0 N–H and O–H groups in total. The van der Waals surface area contributed by atoms with Crippen molar-refractivity contribution < 1.29 is 4.79 Å². The van der Waals surface area contributed by atoms with Gasteiger partial charge in [0.1, 0.15) is 0 Å². The van der Waals surface area contributed by atoms with Crippen molar-refractivity contribution in [3.63, 3.8) is 0 Å². The van der Waals surface area contributed by atoms with Crippen molar-refractivity contribution in [3.05, 3.63) is 0 Å². The lowest BCUT2D eigenvalue weighted by Crippen LogP contribution is -2.31. The van der Waals surface area contributed by atoms with Crippen LogP contribution in [0.4, 0.5) is 0 Å². The Balaban J connectivity index is 2.55. The van der Waals surface area contributed by atoms with Crippen LogP contribution in [0.5, 0.6) is 0 Å². The van der Waals surface area contributed by atoms with Gasteiger partial charge in [-0.25, -0.2) is 0 Å². The summed E-state index contributed by atoms with van der Waals surface area (Å²) < 4.78 is 0. The molecular weight excluding hydrogens is 146 g/mol. The molecule has 1 atom stereocenters. The fraction of sp³-hybridized carbons (Fsp3) is 0.857. The Kier molecular flexibility index (Phi) is 2.60. The Morgan fingerprint density at radius 2 is 2.40 bits per heavy atom. The van der Waals surface area contributed by atoms with E-state index < -0.39 is 0 Å². The molecule has 1 heterocycles. The number of rotatable bonds is 0. The van der Waals surface area contributed by atoms with E-state index in [1.54, 1.807) is 0 Å². The Morgan fingerprint density at radius 3 is 3.10 bits per heavy atom. The molecule has 1 rings (SSSR count). The zero-order valence-electron chi connectivity index (χ0n) is 6.46. The molecule has 0 aromatic rings. The molecule has 0 radical (unpaired) electrons. The third kappa shape index (κ3) is 1.66. The summed E-state index contributed by atoms with van der Waals surface area (Å²) in [7, 11) is 1.88. The van der Waals surface area contributed by atoms with Crippen LogP contribution in [0.1, 0.15) is 6.92 Å². The first-order valence-electron chi connectivity index (χ1n) is 3.54. The molecular formula is C7H13NOS. The fourth-order valence-corrected chi connectivity index (χ4v) is 2.09. The molecule has 1 aliphatic rings. The van der Waals surface area contributed by atoms with Gasteiger partial charge in [0.2, 0.25) is 5.91 Å². The molecule has 58 valence electrons. The molecule has 0 aromatic carbocycles. The van der Waals surface area contributed by atoms with Crippen LogP contribution < -0.4 is 0 Å². The summed E-state index contributed by atoms with van der Waals surface area (Å²) in [5, 5.41) is 0. The third-order valence-electron chi connectivity index (χ3n) is 1.74. The Morgan fingerprint density at radius 1 is 1.70 bits per heavy atom. The van der Waals surface area contributed by atoms with E-state index in [1.165, 1.54) is 0 Å². The normalized spacial score (nSPS) is 28.4. The fourth-order valence-electron chi connectivity index (χ4n) is 1.02. The van der Waals surface area contributed by atoms with E-state index in [9.17, 15) is 4.79 Å². The first-order chi connectivity index (χ1) is 4.72. The zero-order valence-corrected chi connectivity index (χ0v) is 7.28. The second kappa shape index (κ2) is 3.28. The quantitative estimate of drug-likeness (QED) is 0.522. The Hall–Kier alpha value is -0.180. The van der Waals surface area contributed by atoms with Gasteiger partial charge in [0, 0.05) is 31.0 Å². The minimum absolute atomic E-state index is 0.220. The summed E-state index contributed by atoms with van der Waals surface area (Å²) >= 11 is 1.87. The second-order valence-corrected chi connectivity index (χ2v) is 3.89.